The van der Waals surface area contributed by atoms with E-state index in [9.17, 15) is 0 Å². The van der Waals surface area contributed by atoms with Crippen molar-refractivity contribution in [1.29, 1.82) is 0 Å². The molecular weight excluding hydrogens is 739 g/mol. The second kappa shape index (κ2) is 14.1. The third-order valence-electron chi connectivity index (χ3n) is 12.6. The van der Waals surface area contributed by atoms with Crippen molar-refractivity contribution >= 4 is 0 Å². The smallest absolute Gasteiger partial charge is 0.164 e. The van der Waals surface area contributed by atoms with Crippen molar-refractivity contribution in [2.45, 2.75) is 5.41 Å². The second-order valence-electron chi connectivity index (χ2n) is 15.8. The van der Waals surface area contributed by atoms with Crippen LogP contribution in [0.3, 0.4) is 0 Å². The van der Waals surface area contributed by atoms with Crippen molar-refractivity contribution in [2.24, 2.45) is 0 Å². The average molecular weight is 776 g/mol. The predicted octanol–water partition coefficient (Wildman–Crippen LogP) is 14.2. The number of benzene rings is 9. The highest BCUT2D eigenvalue weighted by Gasteiger charge is 2.49. The third-order valence-corrected chi connectivity index (χ3v) is 12.6. The van der Waals surface area contributed by atoms with E-state index in [0.29, 0.717) is 17.5 Å². The topological polar surface area (TPSA) is 38.7 Å². The fourth-order valence-electron chi connectivity index (χ4n) is 10.0. The van der Waals surface area contributed by atoms with E-state index >= 15 is 0 Å². The van der Waals surface area contributed by atoms with Crippen LogP contribution in [0.15, 0.2) is 224 Å². The van der Waals surface area contributed by atoms with Crippen LogP contribution in [0.5, 0.6) is 0 Å². The standard InChI is InChI=1S/C58H37N3/c1-3-18-38(19-4-1)39-34-36-41(37-35-39)56-59-55(40-20-5-2-6-21-40)60-57(61-56)49-29-17-33-53-54(49)48-28-13-16-32-52(48)58(53)50-30-14-11-26-46(50)44-24-9-7-22-42(44)43-23-8-10-25-45(43)47-27-12-15-31-51(47)58/h1-37H. The van der Waals surface area contributed by atoms with Crippen molar-refractivity contribution in [3.8, 4) is 89.8 Å². The Labute approximate surface area is 355 Å². The monoisotopic (exact) mass is 775 g/mol. The Kier molecular flexibility index (Phi) is 8.07. The fraction of sp³-hybridized carbons (Fsp3) is 0.0172. The SMILES string of the molecule is c1ccc(-c2ccc(-c3nc(-c4ccccc4)nc(-c4cccc5c4-c4ccccc4C54c5ccccc5-c5ccccc5-c5ccccc5-c5ccccc54)n3)cc2)cc1. The van der Waals surface area contributed by atoms with Gasteiger partial charge in [0.15, 0.2) is 17.5 Å². The van der Waals surface area contributed by atoms with Gasteiger partial charge in [0.25, 0.3) is 0 Å². The van der Waals surface area contributed by atoms with E-state index in [1.165, 1.54) is 66.8 Å². The molecule has 0 N–H and O–H groups in total. The summed E-state index contributed by atoms with van der Waals surface area (Å²) >= 11 is 0. The Morgan fingerprint density at radius 2 is 0.541 bits per heavy atom. The van der Waals surface area contributed by atoms with Crippen LogP contribution in [0.1, 0.15) is 22.3 Å². The van der Waals surface area contributed by atoms with Crippen molar-refractivity contribution in [1.82, 2.24) is 15.0 Å². The van der Waals surface area contributed by atoms with Crippen LogP contribution in [0, 0.1) is 0 Å². The van der Waals surface area contributed by atoms with E-state index in [4.69, 9.17) is 15.0 Å². The summed E-state index contributed by atoms with van der Waals surface area (Å²) in [5.41, 5.74) is 19.0. The number of hydrogen-bond acceptors (Lipinski definition) is 3. The maximum absolute atomic E-state index is 5.36. The molecule has 284 valence electrons. The molecule has 0 aliphatic heterocycles. The molecule has 61 heavy (non-hydrogen) atoms. The number of aromatic nitrogens is 3. The predicted molar refractivity (Wildman–Crippen MR) is 249 cm³/mol. The number of nitrogens with zero attached hydrogens (tertiary/aromatic N) is 3. The van der Waals surface area contributed by atoms with Gasteiger partial charge in [-0.05, 0) is 77.9 Å². The maximum Gasteiger partial charge on any atom is 0.164 e. The first-order valence-electron chi connectivity index (χ1n) is 20.9. The molecule has 0 atom stereocenters. The molecule has 1 spiro atoms. The highest BCUT2D eigenvalue weighted by molar-refractivity contribution is 6.01. The first-order valence-corrected chi connectivity index (χ1v) is 20.9. The summed E-state index contributed by atoms with van der Waals surface area (Å²) in [5, 5.41) is 0. The molecule has 2 aliphatic carbocycles. The van der Waals surface area contributed by atoms with Gasteiger partial charge in [-0.1, -0.05) is 224 Å². The summed E-state index contributed by atoms with van der Waals surface area (Å²) in [5.74, 6) is 1.91. The van der Waals surface area contributed by atoms with Crippen LogP contribution < -0.4 is 0 Å². The molecule has 3 nitrogen and oxygen atoms in total. The summed E-state index contributed by atoms with van der Waals surface area (Å²) in [6.45, 7) is 0. The molecule has 0 saturated carbocycles. The Hall–Kier alpha value is -8.01. The molecule has 0 fully saturated rings. The van der Waals surface area contributed by atoms with Gasteiger partial charge in [-0.2, -0.15) is 0 Å². The van der Waals surface area contributed by atoms with Crippen LogP contribution in [0.2, 0.25) is 0 Å². The summed E-state index contributed by atoms with van der Waals surface area (Å²) < 4.78 is 0. The molecule has 0 amide bonds. The number of hydrogen-bond donors (Lipinski definition) is 0. The number of rotatable bonds is 4. The van der Waals surface area contributed by atoms with Gasteiger partial charge in [-0.25, -0.2) is 15.0 Å². The normalized spacial score (nSPS) is 12.7. The van der Waals surface area contributed by atoms with Gasteiger partial charge in [0.2, 0.25) is 0 Å². The van der Waals surface area contributed by atoms with Crippen molar-refractivity contribution in [3.63, 3.8) is 0 Å². The summed E-state index contributed by atoms with van der Waals surface area (Å²) in [6, 6.07) is 80.8. The zero-order valence-corrected chi connectivity index (χ0v) is 33.2. The van der Waals surface area contributed by atoms with Gasteiger partial charge < -0.3 is 0 Å². The van der Waals surface area contributed by atoms with Gasteiger partial charge in [0, 0.05) is 16.7 Å². The molecular formula is C58H37N3. The molecule has 0 unspecified atom stereocenters. The van der Waals surface area contributed by atoms with E-state index in [2.05, 4.69) is 200 Å². The average Bonchev–Trinajstić information content (AvgIpc) is 3.66. The third kappa shape index (κ3) is 5.41. The summed E-state index contributed by atoms with van der Waals surface area (Å²) in [4.78, 5) is 15.8. The largest absolute Gasteiger partial charge is 0.208 e. The van der Waals surface area contributed by atoms with Crippen molar-refractivity contribution in [3.05, 3.63) is 247 Å². The molecule has 0 bridgehead atoms. The quantitative estimate of drug-likeness (QED) is 0.179. The Bertz CT molecular complexity index is 3210. The highest BCUT2D eigenvalue weighted by atomic mass is 15.0. The van der Waals surface area contributed by atoms with Crippen molar-refractivity contribution < 1.29 is 0 Å². The van der Waals surface area contributed by atoms with E-state index < -0.39 is 5.41 Å². The molecule has 9 aromatic carbocycles. The van der Waals surface area contributed by atoms with Crippen LogP contribution in [0.4, 0.5) is 0 Å². The van der Waals surface area contributed by atoms with Crippen LogP contribution in [-0.4, -0.2) is 15.0 Å². The molecule has 10 aromatic rings. The van der Waals surface area contributed by atoms with Gasteiger partial charge >= 0.3 is 0 Å². The van der Waals surface area contributed by atoms with E-state index in [-0.39, 0.29) is 0 Å². The zero-order chi connectivity index (χ0) is 40.3. The van der Waals surface area contributed by atoms with Gasteiger partial charge in [0.05, 0.1) is 5.41 Å². The minimum Gasteiger partial charge on any atom is -0.208 e. The molecule has 0 saturated heterocycles. The molecule has 2 aliphatic rings. The zero-order valence-electron chi connectivity index (χ0n) is 33.2. The first-order chi connectivity index (χ1) is 30.3. The first kappa shape index (κ1) is 35.0. The Balaban J connectivity index is 1.16. The molecule has 12 rings (SSSR count). The lowest BCUT2D eigenvalue weighted by Crippen LogP contribution is -2.30. The molecule has 0 radical (unpaired) electrons. The lowest BCUT2D eigenvalue weighted by molar-refractivity contribution is 0.773. The molecule has 1 aromatic heterocycles. The molecule has 3 heteroatoms. The summed E-state index contributed by atoms with van der Waals surface area (Å²) in [7, 11) is 0. The lowest BCUT2D eigenvalue weighted by Gasteiger charge is -2.37. The fourth-order valence-corrected chi connectivity index (χ4v) is 10.0. The maximum atomic E-state index is 5.36. The van der Waals surface area contributed by atoms with E-state index in [1.807, 2.05) is 24.3 Å². The second-order valence-corrected chi connectivity index (χ2v) is 15.8. The van der Waals surface area contributed by atoms with Crippen LogP contribution >= 0.6 is 0 Å². The van der Waals surface area contributed by atoms with Gasteiger partial charge in [-0.3, -0.25) is 0 Å². The highest BCUT2D eigenvalue weighted by Crippen LogP contribution is 2.62. The Morgan fingerprint density at radius 1 is 0.213 bits per heavy atom. The lowest BCUT2D eigenvalue weighted by atomic mass is 9.64. The minimum absolute atomic E-state index is 0.633. The van der Waals surface area contributed by atoms with Crippen molar-refractivity contribution in [2.75, 3.05) is 0 Å². The number of fused-ring (bicyclic) bond motifs is 14. The molecule has 1 heterocycles. The van der Waals surface area contributed by atoms with Gasteiger partial charge in [0.1, 0.15) is 0 Å². The van der Waals surface area contributed by atoms with Gasteiger partial charge in [-0.15, -0.1) is 0 Å². The summed E-state index contributed by atoms with van der Waals surface area (Å²) in [6.07, 6.45) is 0. The van der Waals surface area contributed by atoms with Crippen LogP contribution in [-0.2, 0) is 5.41 Å². The van der Waals surface area contributed by atoms with E-state index in [1.54, 1.807) is 0 Å². The van der Waals surface area contributed by atoms with Crippen LogP contribution in [0.25, 0.3) is 89.8 Å². The van der Waals surface area contributed by atoms with E-state index in [0.717, 1.165) is 27.8 Å². The Morgan fingerprint density at radius 3 is 1.08 bits per heavy atom. The minimum atomic E-state index is -0.689.